The van der Waals surface area contributed by atoms with Crippen LogP contribution < -0.4 is 20.3 Å². The van der Waals surface area contributed by atoms with Crippen LogP contribution in [0.5, 0.6) is 11.5 Å². The SMILES string of the molecule is CC(C)CCOc1ccc(C(=O)NNC(=O)[C@@H](C)Oc2ccccc2[N+](=O)[O-])cc1. The lowest BCUT2D eigenvalue weighted by atomic mass is 10.1. The van der Waals surface area contributed by atoms with E-state index in [-0.39, 0.29) is 11.4 Å². The van der Waals surface area contributed by atoms with Gasteiger partial charge in [0.15, 0.2) is 11.9 Å². The minimum Gasteiger partial charge on any atom is -0.494 e. The molecule has 2 rings (SSSR count). The van der Waals surface area contributed by atoms with Crippen LogP contribution >= 0.6 is 0 Å². The van der Waals surface area contributed by atoms with Gasteiger partial charge in [0.1, 0.15) is 5.75 Å². The Labute approximate surface area is 174 Å². The predicted molar refractivity (Wildman–Crippen MR) is 110 cm³/mol. The summed E-state index contributed by atoms with van der Waals surface area (Å²) >= 11 is 0. The number of nitrogens with one attached hydrogen (secondary N) is 2. The second kappa shape index (κ2) is 10.8. The lowest BCUT2D eigenvalue weighted by Gasteiger charge is -2.15. The van der Waals surface area contributed by atoms with E-state index >= 15 is 0 Å². The zero-order valence-corrected chi connectivity index (χ0v) is 17.1. The number of benzene rings is 2. The average Bonchev–Trinajstić information content (AvgIpc) is 2.72. The summed E-state index contributed by atoms with van der Waals surface area (Å²) in [5.74, 6) is -0.0181. The molecule has 0 aliphatic heterocycles. The Bertz CT molecular complexity index is 883. The minimum absolute atomic E-state index is 0.0375. The molecule has 0 aliphatic carbocycles. The largest absolute Gasteiger partial charge is 0.494 e. The van der Waals surface area contributed by atoms with Gasteiger partial charge in [0, 0.05) is 11.6 Å². The Morgan fingerprint density at radius 3 is 2.33 bits per heavy atom. The number of hydrogen-bond acceptors (Lipinski definition) is 6. The van der Waals surface area contributed by atoms with Crippen molar-refractivity contribution in [2.45, 2.75) is 33.3 Å². The smallest absolute Gasteiger partial charge is 0.310 e. The summed E-state index contributed by atoms with van der Waals surface area (Å²) in [6.07, 6.45) is -0.135. The molecule has 160 valence electrons. The first-order valence-electron chi connectivity index (χ1n) is 9.51. The van der Waals surface area contributed by atoms with Gasteiger partial charge in [-0.1, -0.05) is 26.0 Å². The number of hydrazine groups is 1. The topological polar surface area (TPSA) is 120 Å². The van der Waals surface area contributed by atoms with Gasteiger partial charge in [-0.2, -0.15) is 0 Å². The monoisotopic (exact) mass is 415 g/mol. The van der Waals surface area contributed by atoms with E-state index in [1.807, 2.05) is 0 Å². The van der Waals surface area contributed by atoms with Gasteiger partial charge >= 0.3 is 5.69 Å². The highest BCUT2D eigenvalue weighted by Crippen LogP contribution is 2.26. The molecule has 0 aliphatic rings. The summed E-state index contributed by atoms with van der Waals surface area (Å²) in [6.45, 7) is 6.23. The van der Waals surface area contributed by atoms with Gasteiger partial charge in [0.25, 0.3) is 11.8 Å². The second-order valence-corrected chi connectivity index (χ2v) is 6.98. The van der Waals surface area contributed by atoms with Crippen molar-refractivity contribution in [3.8, 4) is 11.5 Å². The van der Waals surface area contributed by atoms with Crippen LogP contribution in [-0.2, 0) is 4.79 Å². The number of carbonyl (C=O) groups is 2. The first-order valence-corrected chi connectivity index (χ1v) is 9.51. The van der Waals surface area contributed by atoms with Gasteiger partial charge in [-0.3, -0.25) is 30.6 Å². The Balaban J connectivity index is 1.85. The van der Waals surface area contributed by atoms with Crippen molar-refractivity contribution >= 4 is 17.5 Å². The van der Waals surface area contributed by atoms with E-state index in [4.69, 9.17) is 9.47 Å². The van der Waals surface area contributed by atoms with Gasteiger partial charge in [0.2, 0.25) is 0 Å². The number of carbonyl (C=O) groups excluding carboxylic acids is 2. The van der Waals surface area contributed by atoms with Crippen LogP contribution in [0.4, 0.5) is 5.69 Å². The van der Waals surface area contributed by atoms with Crippen LogP contribution in [-0.4, -0.2) is 29.4 Å². The highest BCUT2D eigenvalue weighted by molar-refractivity contribution is 5.95. The van der Waals surface area contributed by atoms with Gasteiger partial charge in [-0.05, 0) is 49.6 Å². The summed E-state index contributed by atoms with van der Waals surface area (Å²) in [7, 11) is 0. The van der Waals surface area contributed by atoms with E-state index in [0.717, 1.165) is 6.42 Å². The summed E-state index contributed by atoms with van der Waals surface area (Å²) in [5, 5.41) is 11.0. The molecule has 1 atom stereocenters. The Morgan fingerprint density at radius 1 is 1.03 bits per heavy atom. The van der Waals surface area contributed by atoms with Crippen LogP contribution in [0.3, 0.4) is 0 Å². The van der Waals surface area contributed by atoms with Crippen molar-refractivity contribution < 1.29 is 24.0 Å². The lowest BCUT2D eigenvalue weighted by Crippen LogP contribution is -2.47. The quantitative estimate of drug-likeness (QED) is 0.479. The van der Waals surface area contributed by atoms with E-state index in [1.165, 1.54) is 25.1 Å². The van der Waals surface area contributed by atoms with Crippen LogP contribution in [0.15, 0.2) is 48.5 Å². The molecule has 2 amide bonds. The molecule has 2 aromatic rings. The molecule has 0 fully saturated rings. The third kappa shape index (κ3) is 6.77. The summed E-state index contributed by atoms with van der Waals surface area (Å²) in [6, 6.07) is 12.2. The molecule has 30 heavy (non-hydrogen) atoms. The maximum atomic E-state index is 12.2. The Hall–Kier alpha value is -3.62. The van der Waals surface area contributed by atoms with Gasteiger partial charge in [-0.15, -0.1) is 0 Å². The normalized spacial score (nSPS) is 11.5. The standard InChI is InChI=1S/C21H25N3O6/c1-14(2)12-13-29-17-10-8-16(9-11-17)21(26)23-22-20(25)15(3)30-19-7-5-4-6-18(19)24(27)28/h4-11,14-15H,12-13H2,1-3H3,(H,22,25)(H,23,26)/t15-/m1/s1. The first kappa shape index (κ1) is 22.7. The Kier molecular flexibility index (Phi) is 8.16. The zero-order valence-electron chi connectivity index (χ0n) is 17.1. The van der Waals surface area contributed by atoms with Crippen molar-refractivity contribution in [1.82, 2.24) is 10.9 Å². The number of hydrogen-bond donors (Lipinski definition) is 2. The molecular formula is C21H25N3O6. The van der Waals surface area contributed by atoms with E-state index in [1.54, 1.807) is 30.3 Å². The van der Waals surface area contributed by atoms with E-state index < -0.39 is 22.8 Å². The van der Waals surface area contributed by atoms with Crippen molar-refractivity contribution in [2.75, 3.05) is 6.61 Å². The first-order chi connectivity index (χ1) is 14.3. The summed E-state index contributed by atoms with van der Waals surface area (Å²) in [4.78, 5) is 34.8. The highest BCUT2D eigenvalue weighted by atomic mass is 16.6. The maximum absolute atomic E-state index is 12.2. The molecule has 2 N–H and O–H groups in total. The number of nitrogens with zero attached hydrogens (tertiary/aromatic N) is 1. The van der Waals surface area contributed by atoms with Crippen molar-refractivity contribution in [3.05, 3.63) is 64.2 Å². The zero-order chi connectivity index (χ0) is 22.1. The molecule has 0 spiro atoms. The van der Waals surface area contributed by atoms with E-state index in [0.29, 0.717) is 23.8 Å². The van der Waals surface area contributed by atoms with Gasteiger partial charge in [-0.25, -0.2) is 0 Å². The molecule has 0 saturated heterocycles. The summed E-state index contributed by atoms with van der Waals surface area (Å²) in [5.41, 5.74) is 4.61. The van der Waals surface area contributed by atoms with E-state index in [2.05, 4.69) is 24.7 Å². The van der Waals surface area contributed by atoms with Gasteiger partial charge < -0.3 is 9.47 Å². The molecule has 0 bridgehead atoms. The predicted octanol–water partition coefficient (Wildman–Crippen LogP) is 3.25. The lowest BCUT2D eigenvalue weighted by molar-refractivity contribution is -0.386. The number of para-hydroxylation sites is 2. The number of rotatable bonds is 9. The van der Waals surface area contributed by atoms with Gasteiger partial charge in [0.05, 0.1) is 11.5 Å². The molecule has 0 heterocycles. The summed E-state index contributed by atoms with van der Waals surface area (Å²) < 4.78 is 11.0. The fourth-order valence-corrected chi connectivity index (χ4v) is 2.36. The molecule has 9 heteroatoms. The third-order valence-electron chi connectivity index (χ3n) is 4.11. The molecule has 9 nitrogen and oxygen atoms in total. The fourth-order valence-electron chi connectivity index (χ4n) is 2.36. The second-order valence-electron chi connectivity index (χ2n) is 6.98. The van der Waals surface area contributed by atoms with Crippen molar-refractivity contribution in [3.63, 3.8) is 0 Å². The van der Waals surface area contributed by atoms with Crippen LogP contribution in [0.1, 0.15) is 37.6 Å². The molecular weight excluding hydrogens is 390 g/mol. The number of ether oxygens (including phenoxy) is 2. The fraction of sp³-hybridized carbons (Fsp3) is 0.333. The highest BCUT2D eigenvalue weighted by Gasteiger charge is 2.21. The minimum atomic E-state index is -1.07. The number of nitro groups is 1. The molecule has 0 aromatic heterocycles. The molecule has 0 unspecified atom stereocenters. The molecule has 0 radical (unpaired) electrons. The molecule has 2 aromatic carbocycles. The van der Waals surface area contributed by atoms with Crippen LogP contribution in [0, 0.1) is 16.0 Å². The van der Waals surface area contributed by atoms with Crippen LogP contribution in [0.2, 0.25) is 0 Å². The number of nitro benzene ring substituents is 1. The average molecular weight is 415 g/mol. The molecule has 0 saturated carbocycles. The van der Waals surface area contributed by atoms with Crippen molar-refractivity contribution in [1.29, 1.82) is 0 Å². The Morgan fingerprint density at radius 2 is 1.70 bits per heavy atom. The number of amides is 2. The van der Waals surface area contributed by atoms with Crippen molar-refractivity contribution in [2.24, 2.45) is 5.92 Å². The van der Waals surface area contributed by atoms with Crippen LogP contribution in [0.25, 0.3) is 0 Å². The third-order valence-corrected chi connectivity index (χ3v) is 4.11. The maximum Gasteiger partial charge on any atom is 0.310 e. The van der Waals surface area contributed by atoms with E-state index in [9.17, 15) is 19.7 Å².